The van der Waals surface area contributed by atoms with Crippen molar-refractivity contribution >= 4 is 27.2 Å². The van der Waals surface area contributed by atoms with E-state index in [1.807, 2.05) is 36.4 Å². The molecular formula is C18H14O2S. The molecule has 2 aromatic carbocycles. The van der Waals surface area contributed by atoms with Gasteiger partial charge in [-0.2, -0.15) is 0 Å². The Labute approximate surface area is 127 Å². The number of carbonyl (C=O) groups excluding carboxylic acids is 1. The smallest absolute Gasteiger partial charge is 0.148 e. The first-order valence-electron chi connectivity index (χ1n) is 7.02. The third-order valence-electron chi connectivity index (χ3n) is 4.01. The topological polar surface area (TPSA) is 26.3 Å². The van der Waals surface area contributed by atoms with E-state index < -0.39 is 0 Å². The van der Waals surface area contributed by atoms with E-state index in [0.717, 1.165) is 16.9 Å². The number of fused-ring (bicyclic) bond motifs is 2. The van der Waals surface area contributed by atoms with Crippen LogP contribution >= 0.6 is 11.3 Å². The SMILES string of the molecule is O=C(Cc1csc2ccccc12)C1COc2ccccc21. The molecule has 2 nitrogen and oxygen atoms in total. The van der Waals surface area contributed by atoms with Gasteiger partial charge in [0, 0.05) is 16.7 Å². The molecule has 0 radical (unpaired) electrons. The molecule has 104 valence electrons. The zero-order valence-corrected chi connectivity index (χ0v) is 12.2. The Balaban J connectivity index is 1.62. The lowest BCUT2D eigenvalue weighted by molar-refractivity contribution is -0.120. The molecule has 1 unspecified atom stereocenters. The van der Waals surface area contributed by atoms with Gasteiger partial charge in [-0.25, -0.2) is 0 Å². The molecule has 0 saturated carbocycles. The Morgan fingerprint density at radius 1 is 1.14 bits per heavy atom. The summed E-state index contributed by atoms with van der Waals surface area (Å²) in [5, 5.41) is 3.30. The maximum Gasteiger partial charge on any atom is 0.148 e. The number of Topliss-reactive ketones (excluding diaryl/α,β-unsaturated/α-hetero) is 1. The lowest BCUT2D eigenvalue weighted by Crippen LogP contribution is -2.16. The van der Waals surface area contributed by atoms with Crippen molar-refractivity contribution in [2.45, 2.75) is 12.3 Å². The first-order chi connectivity index (χ1) is 10.3. The van der Waals surface area contributed by atoms with Gasteiger partial charge in [-0.3, -0.25) is 4.79 Å². The summed E-state index contributed by atoms with van der Waals surface area (Å²) in [6.07, 6.45) is 0.479. The number of thiophene rings is 1. The molecular weight excluding hydrogens is 280 g/mol. The van der Waals surface area contributed by atoms with Gasteiger partial charge in [0.2, 0.25) is 0 Å². The predicted octanol–water partition coefficient (Wildman–Crippen LogP) is 4.19. The highest BCUT2D eigenvalue weighted by Crippen LogP contribution is 2.35. The van der Waals surface area contributed by atoms with Gasteiger partial charge in [-0.15, -0.1) is 11.3 Å². The quantitative estimate of drug-likeness (QED) is 0.724. The molecule has 1 atom stereocenters. The van der Waals surface area contributed by atoms with Crippen molar-refractivity contribution in [3.05, 3.63) is 65.0 Å². The number of para-hydroxylation sites is 1. The molecule has 0 aliphatic carbocycles. The van der Waals surface area contributed by atoms with E-state index in [1.54, 1.807) is 11.3 Å². The van der Waals surface area contributed by atoms with E-state index in [1.165, 1.54) is 10.1 Å². The second-order valence-electron chi connectivity index (χ2n) is 5.30. The van der Waals surface area contributed by atoms with Crippen molar-refractivity contribution in [2.75, 3.05) is 6.61 Å². The van der Waals surface area contributed by atoms with E-state index in [2.05, 4.69) is 17.5 Å². The minimum absolute atomic E-state index is 0.125. The van der Waals surface area contributed by atoms with E-state index in [9.17, 15) is 4.79 Å². The van der Waals surface area contributed by atoms with Gasteiger partial charge in [0.25, 0.3) is 0 Å². The van der Waals surface area contributed by atoms with Crippen LogP contribution in [0.1, 0.15) is 17.0 Å². The number of hydrogen-bond donors (Lipinski definition) is 0. The highest BCUT2D eigenvalue weighted by atomic mass is 32.1. The number of ether oxygens (including phenoxy) is 1. The number of ketones is 1. The molecule has 4 rings (SSSR count). The fraction of sp³-hybridized carbons (Fsp3) is 0.167. The maximum atomic E-state index is 12.6. The Bertz CT molecular complexity index is 819. The van der Waals surface area contributed by atoms with Crippen LogP contribution in [-0.2, 0) is 11.2 Å². The second-order valence-corrected chi connectivity index (χ2v) is 6.21. The van der Waals surface area contributed by atoms with Gasteiger partial charge in [-0.05, 0) is 28.5 Å². The molecule has 0 spiro atoms. The summed E-state index contributed by atoms with van der Waals surface area (Å²) in [5.74, 6) is 0.967. The van der Waals surface area contributed by atoms with Crippen molar-refractivity contribution in [1.29, 1.82) is 0 Å². The normalized spacial score (nSPS) is 16.7. The standard InChI is InChI=1S/C18H14O2S/c19-16(15-10-20-17-7-3-1-6-14(15)17)9-12-11-21-18-8-4-2-5-13(12)18/h1-8,11,15H,9-10H2. The van der Waals surface area contributed by atoms with Gasteiger partial charge in [-0.1, -0.05) is 36.4 Å². The fourth-order valence-electron chi connectivity index (χ4n) is 2.91. The number of hydrogen-bond acceptors (Lipinski definition) is 3. The van der Waals surface area contributed by atoms with Crippen LogP contribution in [0.15, 0.2) is 53.9 Å². The Kier molecular flexibility index (Phi) is 3.00. The summed E-state index contributed by atoms with van der Waals surface area (Å²) >= 11 is 1.70. The average molecular weight is 294 g/mol. The third kappa shape index (κ3) is 2.14. The highest BCUT2D eigenvalue weighted by molar-refractivity contribution is 7.17. The number of rotatable bonds is 3. The molecule has 3 heteroatoms. The highest BCUT2D eigenvalue weighted by Gasteiger charge is 2.30. The molecule has 0 fully saturated rings. The molecule has 1 aliphatic heterocycles. The van der Waals surface area contributed by atoms with E-state index in [0.29, 0.717) is 13.0 Å². The van der Waals surface area contributed by atoms with Gasteiger partial charge >= 0.3 is 0 Å². The molecule has 0 amide bonds. The summed E-state index contributed by atoms with van der Waals surface area (Å²) in [5.41, 5.74) is 2.16. The van der Waals surface area contributed by atoms with Crippen LogP contribution in [0.4, 0.5) is 0 Å². The summed E-state index contributed by atoms with van der Waals surface area (Å²) in [6, 6.07) is 16.1. The summed E-state index contributed by atoms with van der Waals surface area (Å²) in [7, 11) is 0. The first-order valence-corrected chi connectivity index (χ1v) is 7.90. The summed E-state index contributed by atoms with van der Waals surface area (Å²) < 4.78 is 6.86. The average Bonchev–Trinajstić information content (AvgIpc) is 3.12. The van der Waals surface area contributed by atoms with Crippen LogP contribution in [0.2, 0.25) is 0 Å². The molecule has 1 aliphatic rings. The largest absolute Gasteiger partial charge is 0.492 e. The second kappa shape index (κ2) is 5.01. The third-order valence-corrected chi connectivity index (χ3v) is 5.03. The molecule has 0 bridgehead atoms. The van der Waals surface area contributed by atoms with Crippen LogP contribution in [0.3, 0.4) is 0 Å². The van der Waals surface area contributed by atoms with Crippen LogP contribution in [0.25, 0.3) is 10.1 Å². The van der Waals surface area contributed by atoms with Crippen molar-refractivity contribution in [2.24, 2.45) is 0 Å². The van der Waals surface area contributed by atoms with E-state index in [-0.39, 0.29) is 11.7 Å². The van der Waals surface area contributed by atoms with Gasteiger partial charge in [0.1, 0.15) is 18.1 Å². The number of benzene rings is 2. The van der Waals surface area contributed by atoms with Crippen molar-refractivity contribution in [1.82, 2.24) is 0 Å². The first kappa shape index (κ1) is 12.6. The zero-order valence-electron chi connectivity index (χ0n) is 11.4. The zero-order chi connectivity index (χ0) is 14.2. The van der Waals surface area contributed by atoms with E-state index >= 15 is 0 Å². The predicted molar refractivity (Wildman–Crippen MR) is 85.2 cm³/mol. The van der Waals surface area contributed by atoms with Crippen LogP contribution < -0.4 is 4.74 Å². The molecule has 2 heterocycles. The molecule has 0 N–H and O–H groups in total. The van der Waals surface area contributed by atoms with Crippen LogP contribution in [0, 0.1) is 0 Å². The van der Waals surface area contributed by atoms with Gasteiger partial charge < -0.3 is 4.74 Å². The fourth-order valence-corrected chi connectivity index (χ4v) is 3.87. The van der Waals surface area contributed by atoms with Crippen molar-refractivity contribution in [3.63, 3.8) is 0 Å². The van der Waals surface area contributed by atoms with Crippen LogP contribution in [0.5, 0.6) is 5.75 Å². The molecule has 3 aromatic rings. The monoisotopic (exact) mass is 294 g/mol. The van der Waals surface area contributed by atoms with Crippen LogP contribution in [-0.4, -0.2) is 12.4 Å². The van der Waals surface area contributed by atoms with Crippen molar-refractivity contribution < 1.29 is 9.53 Å². The number of carbonyl (C=O) groups is 1. The molecule has 1 aromatic heterocycles. The van der Waals surface area contributed by atoms with Gasteiger partial charge in [0.15, 0.2) is 0 Å². The molecule has 0 saturated heterocycles. The lowest BCUT2D eigenvalue weighted by Gasteiger charge is -2.07. The maximum absolute atomic E-state index is 12.6. The Hall–Kier alpha value is -2.13. The Morgan fingerprint density at radius 2 is 1.95 bits per heavy atom. The van der Waals surface area contributed by atoms with E-state index in [4.69, 9.17) is 4.74 Å². The van der Waals surface area contributed by atoms with Crippen molar-refractivity contribution in [3.8, 4) is 5.75 Å². The molecule has 21 heavy (non-hydrogen) atoms. The minimum Gasteiger partial charge on any atom is -0.492 e. The summed E-state index contributed by atoms with van der Waals surface area (Å²) in [4.78, 5) is 12.6. The minimum atomic E-state index is -0.125. The Morgan fingerprint density at radius 3 is 2.90 bits per heavy atom. The summed E-state index contributed by atoms with van der Waals surface area (Å²) in [6.45, 7) is 0.472. The van der Waals surface area contributed by atoms with Gasteiger partial charge in [0.05, 0.1) is 5.92 Å². The lowest BCUT2D eigenvalue weighted by atomic mass is 9.93.